The number of benzene rings is 2. The Morgan fingerprint density at radius 2 is 1.80 bits per heavy atom. The first-order chi connectivity index (χ1) is 14.1. The number of nitrogens with one attached hydrogen (secondary N) is 1. The maximum Gasteiger partial charge on any atom is 0.273 e. The summed E-state index contributed by atoms with van der Waals surface area (Å²) in [4.78, 5) is 36.7. The Morgan fingerprint density at radius 1 is 1.17 bits per heavy atom. The van der Waals surface area contributed by atoms with Crippen molar-refractivity contribution in [2.45, 2.75) is 19.8 Å². The molecule has 2 aromatic rings. The van der Waals surface area contributed by atoms with Gasteiger partial charge in [0.2, 0.25) is 0 Å². The number of nitrogens with zero attached hydrogens (tertiary/aromatic N) is 3. The van der Waals surface area contributed by atoms with E-state index in [0.717, 1.165) is 0 Å². The molecule has 0 atom stereocenters. The number of amides is 2. The summed E-state index contributed by atoms with van der Waals surface area (Å²) in [6.07, 6.45) is 1.30. The summed E-state index contributed by atoms with van der Waals surface area (Å²) in [5, 5.41) is 23.3. The third kappa shape index (κ3) is 5.29. The Morgan fingerprint density at radius 3 is 2.30 bits per heavy atom. The number of carbonyl (C=O) groups excluding carboxylic acids is 2. The van der Waals surface area contributed by atoms with E-state index in [1.54, 1.807) is 50.5 Å². The normalized spacial score (nSPS) is 11.0. The van der Waals surface area contributed by atoms with Crippen molar-refractivity contribution in [2.75, 3.05) is 19.4 Å². The zero-order valence-electron chi connectivity index (χ0n) is 17.2. The van der Waals surface area contributed by atoms with Crippen molar-refractivity contribution in [3.05, 3.63) is 74.8 Å². The van der Waals surface area contributed by atoms with Gasteiger partial charge in [0, 0.05) is 37.0 Å². The van der Waals surface area contributed by atoms with E-state index in [1.807, 2.05) is 19.9 Å². The Balaban J connectivity index is 2.25. The third-order valence-corrected chi connectivity index (χ3v) is 4.35. The van der Waals surface area contributed by atoms with Crippen molar-refractivity contribution in [3.63, 3.8) is 0 Å². The average Bonchev–Trinajstić information content (AvgIpc) is 2.71. The lowest BCUT2D eigenvalue weighted by molar-refractivity contribution is -0.385. The van der Waals surface area contributed by atoms with E-state index in [4.69, 9.17) is 0 Å². The number of carbonyl (C=O) groups is 2. The minimum Gasteiger partial charge on any atom is -0.345 e. The molecular formula is C22H22N4O4. The minimum atomic E-state index is -0.653. The molecule has 0 spiro atoms. The van der Waals surface area contributed by atoms with E-state index in [9.17, 15) is 25.0 Å². The largest absolute Gasteiger partial charge is 0.345 e. The molecular weight excluding hydrogens is 384 g/mol. The molecule has 0 radical (unpaired) electrons. The van der Waals surface area contributed by atoms with Gasteiger partial charge in [-0.05, 0) is 41.8 Å². The van der Waals surface area contributed by atoms with Gasteiger partial charge in [0.05, 0.1) is 4.92 Å². The second-order valence-electron chi connectivity index (χ2n) is 7.13. The van der Waals surface area contributed by atoms with Gasteiger partial charge in [-0.25, -0.2) is 0 Å². The molecule has 0 aromatic heterocycles. The first-order valence-corrected chi connectivity index (χ1v) is 9.17. The molecule has 0 bridgehead atoms. The number of anilines is 1. The van der Waals surface area contributed by atoms with E-state index >= 15 is 0 Å². The zero-order chi connectivity index (χ0) is 22.4. The van der Waals surface area contributed by atoms with E-state index in [-0.39, 0.29) is 23.1 Å². The molecule has 30 heavy (non-hydrogen) atoms. The Bertz CT molecular complexity index is 1050. The second-order valence-corrected chi connectivity index (χ2v) is 7.13. The van der Waals surface area contributed by atoms with E-state index < -0.39 is 10.8 Å². The molecule has 0 unspecified atom stereocenters. The monoisotopic (exact) mass is 406 g/mol. The summed E-state index contributed by atoms with van der Waals surface area (Å²) < 4.78 is 0. The van der Waals surface area contributed by atoms with Crippen LogP contribution in [0.5, 0.6) is 0 Å². The van der Waals surface area contributed by atoms with Gasteiger partial charge in [-0.15, -0.1) is 0 Å². The molecule has 0 fully saturated rings. The summed E-state index contributed by atoms with van der Waals surface area (Å²) in [6, 6.07) is 12.7. The summed E-state index contributed by atoms with van der Waals surface area (Å²) in [6.45, 7) is 3.70. The van der Waals surface area contributed by atoms with Crippen LogP contribution in [0.25, 0.3) is 6.08 Å². The summed E-state index contributed by atoms with van der Waals surface area (Å²) in [5.74, 6) is -0.860. The van der Waals surface area contributed by atoms with Crippen LogP contribution >= 0.6 is 0 Å². The van der Waals surface area contributed by atoms with E-state index in [2.05, 4.69) is 5.32 Å². The quantitative estimate of drug-likeness (QED) is 0.337. The van der Waals surface area contributed by atoms with Crippen molar-refractivity contribution in [3.8, 4) is 6.07 Å². The van der Waals surface area contributed by atoms with Gasteiger partial charge < -0.3 is 10.2 Å². The van der Waals surface area contributed by atoms with Crippen LogP contribution in [0.2, 0.25) is 0 Å². The predicted octanol–water partition coefficient (Wildman–Crippen LogP) is 3.97. The molecule has 8 nitrogen and oxygen atoms in total. The summed E-state index contributed by atoms with van der Waals surface area (Å²) >= 11 is 0. The molecule has 0 heterocycles. The van der Waals surface area contributed by atoms with Crippen LogP contribution in [0.4, 0.5) is 11.4 Å². The highest BCUT2D eigenvalue weighted by Gasteiger charge is 2.18. The maximum absolute atomic E-state index is 12.5. The summed E-state index contributed by atoms with van der Waals surface area (Å²) in [5.41, 5.74) is 1.58. The first kappa shape index (κ1) is 22.3. The highest BCUT2D eigenvalue weighted by atomic mass is 16.6. The number of nitro benzene ring substituents is 1. The molecule has 1 N–H and O–H groups in total. The molecule has 154 valence electrons. The number of rotatable bonds is 6. The zero-order valence-corrected chi connectivity index (χ0v) is 17.2. The lowest BCUT2D eigenvalue weighted by Crippen LogP contribution is -2.21. The Labute approximate surface area is 174 Å². The molecule has 8 heteroatoms. The van der Waals surface area contributed by atoms with Gasteiger partial charge in [0.1, 0.15) is 11.6 Å². The van der Waals surface area contributed by atoms with E-state index in [1.165, 1.54) is 17.0 Å². The first-order valence-electron chi connectivity index (χ1n) is 9.17. The Hall–Kier alpha value is -3.99. The number of hydrogen-bond donors (Lipinski definition) is 1. The van der Waals surface area contributed by atoms with Crippen LogP contribution in [0.1, 0.15) is 41.3 Å². The molecule has 0 aliphatic heterocycles. The number of hydrogen-bond acceptors (Lipinski definition) is 5. The lowest BCUT2D eigenvalue weighted by atomic mass is 9.98. The number of nitriles is 1. The fraction of sp³-hybridized carbons (Fsp3) is 0.227. The molecule has 0 aliphatic carbocycles. The smallest absolute Gasteiger partial charge is 0.273 e. The predicted molar refractivity (Wildman–Crippen MR) is 114 cm³/mol. The highest BCUT2D eigenvalue weighted by Crippen LogP contribution is 2.28. The van der Waals surface area contributed by atoms with Crippen molar-refractivity contribution in [1.29, 1.82) is 5.26 Å². The molecule has 0 saturated heterocycles. The second kappa shape index (κ2) is 9.47. The highest BCUT2D eigenvalue weighted by molar-refractivity contribution is 6.09. The standard InChI is InChI=1S/C22H22N4O4/c1-14(2)19-10-5-15(12-20(19)26(29)30)11-17(13-23)21(27)24-18-8-6-16(7-9-18)22(28)25(3)4/h5-12,14H,1-4H3,(H,24,27)/b17-11+. The number of nitro groups is 1. The van der Waals surface area contributed by atoms with E-state index in [0.29, 0.717) is 22.4 Å². The molecule has 2 rings (SSSR count). The van der Waals surface area contributed by atoms with Crippen LogP contribution in [-0.4, -0.2) is 35.7 Å². The molecule has 0 saturated carbocycles. The van der Waals surface area contributed by atoms with Gasteiger partial charge in [-0.1, -0.05) is 26.0 Å². The van der Waals surface area contributed by atoms with Gasteiger partial charge in [0.15, 0.2) is 0 Å². The fourth-order valence-electron chi connectivity index (χ4n) is 2.76. The van der Waals surface area contributed by atoms with Crippen LogP contribution in [0, 0.1) is 21.4 Å². The lowest BCUT2D eigenvalue weighted by Gasteiger charge is -2.11. The third-order valence-electron chi connectivity index (χ3n) is 4.35. The molecule has 2 aromatic carbocycles. The van der Waals surface area contributed by atoms with Crippen molar-refractivity contribution < 1.29 is 14.5 Å². The molecule has 2 amide bonds. The minimum absolute atomic E-state index is 0.0375. The molecule has 0 aliphatic rings. The SMILES string of the molecule is CC(C)c1ccc(/C=C(\C#N)C(=O)Nc2ccc(C(=O)N(C)C)cc2)cc1[N+](=O)[O-]. The van der Waals surface area contributed by atoms with Crippen LogP contribution in [0.15, 0.2) is 48.0 Å². The summed E-state index contributed by atoms with van der Waals surface area (Å²) in [7, 11) is 3.28. The van der Waals surface area contributed by atoms with Gasteiger partial charge in [-0.3, -0.25) is 19.7 Å². The van der Waals surface area contributed by atoms with Crippen molar-refractivity contribution >= 4 is 29.3 Å². The van der Waals surface area contributed by atoms with Crippen molar-refractivity contribution in [1.82, 2.24) is 4.90 Å². The average molecular weight is 406 g/mol. The Kier molecular flexibility index (Phi) is 7.04. The fourth-order valence-corrected chi connectivity index (χ4v) is 2.76. The maximum atomic E-state index is 12.5. The van der Waals surface area contributed by atoms with Gasteiger partial charge in [0.25, 0.3) is 17.5 Å². The van der Waals surface area contributed by atoms with Gasteiger partial charge >= 0.3 is 0 Å². The van der Waals surface area contributed by atoms with Crippen LogP contribution in [-0.2, 0) is 4.79 Å². The van der Waals surface area contributed by atoms with Gasteiger partial charge in [-0.2, -0.15) is 5.26 Å². The van der Waals surface area contributed by atoms with Crippen LogP contribution < -0.4 is 5.32 Å². The van der Waals surface area contributed by atoms with Crippen LogP contribution in [0.3, 0.4) is 0 Å². The van der Waals surface area contributed by atoms with Crippen molar-refractivity contribution in [2.24, 2.45) is 0 Å². The topological polar surface area (TPSA) is 116 Å².